The first-order valence-corrected chi connectivity index (χ1v) is 8.82. The Hall–Kier alpha value is 0.0200. The van der Waals surface area contributed by atoms with E-state index in [1.54, 1.807) is 0 Å². The fraction of sp³-hybridized carbons (Fsp3) is 1.00. The van der Waals surface area contributed by atoms with Gasteiger partial charge in [-0.15, -0.1) is 0 Å². The van der Waals surface area contributed by atoms with Crippen molar-refractivity contribution in [3.63, 3.8) is 0 Å². The van der Waals surface area contributed by atoms with E-state index in [4.69, 9.17) is 9.79 Å². The second kappa shape index (κ2) is 7.37. The van der Waals surface area contributed by atoms with Crippen LogP contribution >= 0.6 is 6.80 Å². The SMILES string of the molecule is CNCCCNCCCS(=O)(=O)P(=O)(O)O. The Bertz CT molecular complexity index is 326. The van der Waals surface area contributed by atoms with Crippen molar-refractivity contribution in [1.82, 2.24) is 10.6 Å². The van der Waals surface area contributed by atoms with Crippen LogP contribution in [0.25, 0.3) is 0 Å². The van der Waals surface area contributed by atoms with Gasteiger partial charge < -0.3 is 20.4 Å². The molecule has 0 atom stereocenters. The summed E-state index contributed by atoms with van der Waals surface area (Å²) in [5.74, 6) is -0.490. The molecule has 0 aromatic rings. The Kier molecular flexibility index (Phi) is 7.38. The van der Waals surface area contributed by atoms with Gasteiger partial charge in [0.25, 0.3) is 9.46 Å². The lowest BCUT2D eigenvalue weighted by atomic mass is 10.4. The number of rotatable bonds is 9. The van der Waals surface area contributed by atoms with Crippen LogP contribution in [0.3, 0.4) is 0 Å². The summed E-state index contributed by atoms with van der Waals surface area (Å²) in [6, 6.07) is 0. The highest BCUT2D eigenvalue weighted by atomic mass is 32.8. The van der Waals surface area contributed by atoms with Crippen LogP contribution in [0.15, 0.2) is 0 Å². The van der Waals surface area contributed by atoms with Crippen LogP contribution < -0.4 is 10.6 Å². The largest absolute Gasteiger partial charge is 0.439 e. The van der Waals surface area contributed by atoms with Crippen molar-refractivity contribution in [2.24, 2.45) is 0 Å². The number of hydrogen-bond acceptors (Lipinski definition) is 5. The topological polar surface area (TPSA) is 116 Å². The first kappa shape index (κ1) is 16.0. The van der Waals surface area contributed by atoms with Crippen LogP contribution in [0.4, 0.5) is 0 Å². The van der Waals surface area contributed by atoms with Gasteiger partial charge >= 0.3 is 6.80 Å². The monoisotopic (exact) mass is 274 g/mol. The molecule has 7 nitrogen and oxygen atoms in total. The van der Waals surface area contributed by atoms with Crippen LogP contribution in [-0.4, -0.2) is 50.6 Å². The van der Waals surface area contributed by atoms with Gasteiger partial charge in [0.1, 0.15) is 0 Å². The molecule has 0 aliphatic rings. The van der Waals surface area contributed by atoms with Crippen molar-refractivity contribution >= 4 is 16.3 Å². The average Bonchev–Trinajstić information content (AvgIpc) is 2.14. The zero-order valence-corrected chi connectivity index (χ0v) is 10.9. The third kappa shape index (κ3) is 6.57. The van der Waals surface area contributed by atoms with Crippen molar-refractivity contribution in [2.45, 2.75) is 12.8 Å². The summed E-state index contributed by atoms with van der Waals surface area (Å²) < 4.78 is 32.5. The standard InChI is InChI=1S/C7H19N2O5PS/c1-8-4-2-5-9-6-3-7-16(13,14)15(10,11)12/h8-9H,2-7H2,1H3,(H2,10,11,12). The summed E-state index contributed by atoms with van der Waals surface area (Å²) >= 11 is 0. The summed E-state index contributed by atoms with van der Waals surface area (Å²) in [5, 5.41) is 5.95. The minimum Gasteiger partial charge on any atom is -0.320 e. The molecular formula is C7H19N2O5PS. The van der Waals surface area contributed by atoms with E-state index in [1.165, 1.54) is 0 Å². The van der Waals surface area contributed by atoms with E-state index in [0.29, 0.717) is 6.54 Å². The van der Waals surface area contributed by atoms with Crippen molar-refractivity contribution in [2.75, 3.05) is 32.4 Å². The second-order valence-electron chi connectivity index (χ2n) is 3.34. The highest BCUT2D eigenvalue weighted by Gasteiger charge is 2.32. The molecule has 0 aromatic heterocycles. The van der Waals surface area contributed by atoms with Gasteiger partial charge in [-0.1, -0.05) is 0 Å². The molecule has 0 radical (unpaired) electrons. The molecule has 0 saturated carbocycles. The lowest BCUT2D eigenvalue weighted by molar-refractivity contribution is 0.390. The molecule has 16 heavy (non-hydrogen) atoms. The summed E-state index contributed by atoms with van der Waals surface area (Å²) in [6.45, 7) is -2.95. The van der Waals surface area contributed by atoms with Crippen LogP contribution in [0.1, 0.15) is 12.8 Å². The zero-order valence-electron chi connectivity index (χ0n) is 9.22. The van der Waals surface area contributed by atoms with Gasteiger partial charge in [0, 0.05) is 0 Å². The van der Waals surface area contributed by atoms with Gasteiger partial charge in [0.15, 0.2) is 0 Å². The summed E-state index contributed by atoms with van der Waals surface area (Å²) in [6.07, 6.45) is 1.12. The summed E-state index contributed by atoms with van der Waals surface area (Å²) in [7, 11) is -2.44. The average molecular weight is 274 g/mol. The maximum Gasteiger partial charge on any atom is 0.439 e. The van der Waals surface area contributed by atoms with Crippen molar-refractivity contribution < 1.29 is 22.8 Å². The summed E-state index contributed by atoms with van der Waals surface area (Å²) in [4.78, 5) is 17.0. The number of hydrogen-bond donors (Lipinski definition) is 4. The maximum atomic E-state index is 11.0. The number of nitrogens with one attached hydrogen (secondary N) is 2. The molecule has 0 fully saturated rings. The first-order valence-electron chi connectivity index (χ1n) is 4.95. The normalized spacial score (nSPS) is 12.9. The molecule has 0 unspecified atom stereocenters. The fourth-order valence-corrected chi connectivity index (χ4v) is 2.86. The molecule has 98 valence electrons. The first-order chi connectivity index (χ1) is 7.31. The van der Waals surface area contributed by atoms with Crippen molar-refractivity contribution in [3.8, 4) is 0 Å². The minimum atomic E-state index is -5.00. The van der Waals surface area contributed by atoms with Gasteiger partial charge in [0.2, 0.25) is 0 Å². The van der Waals surface area contributed by atoms with Crippen LogP contribution in [-0.2, 0) is 14.0 Å². The lowest BCUT2D eigenvalue weighted by Gasteiger charge is -2.06. The van der Waals surface area contributed by atoms with E-state index in [1.807, 2.05) is 7.05 Å². The van der Waals surface area contributed by atoms with E-state index in [2.05, 4.69) is 10.6 Å². The highest BCUT2D eigenvalue weighted by Crippen LogP contribution is 2.43. The van der Waals surface area contributed by atoms with Crippen molar-refractivity contribution in [3.05, 3.63) is 0 Å². The Labute approximate surface area is 95.5 Å². The van der Waals surface area contributed by atoms with Crippen LogP contribution in [0.5, 0.6) is 0 Å². The van der Waals surface area contributed by atoms with E-state index >= 15 is 0 Å². The molecule has 9 heteroatoms. The van der Waals surface area contributed by atoms with Gasteiger partial charge in [-0.25, -0.2) is 13.0 Å². The second-order valence-corrected chi connectivity index (χ2v) is 8.99. The quantitative estimate of drug-likeness (QED) is 0.317. The van der Waals surface area contributed by atoms with Gasteiger partial charge in [-0.2, -0.15) is 0 Å². The predicted molar refractivity (Wildman–Crippen MR) is 61.9 cm³/mol. The Morgan fingerprint density at radius 1 is 1.12 bits per heavy atom. The molecule has 0 aliphatic heterocycles. The molecule has 0 rings (SSSR count). The molecule has 0 amide bonds. The third-order valence-electron chi connectivity index (χ3n) is 1.90. The maximum absolute atomic E-state index is 11.0. The minimum absolute atomic E-state index is 0.201. The van der Waals surface area contributed by atoms with E-state index in [0.717, 1.165) is 19.5 Å². The fourth-order valence-electron chi connectivity index (χ4n) is 1.01. The van der Waals surface area contributed by atoms with E-state index < -0.39 is 22.0 Å². The molecule has 0 saturated heterocycles. The Morgan fingerprint density at radius 3 is 2.19 bits per heavy atom. The molecule has 0 spiro atoms. The van der Waals surface area contributed by atoms with Gasteiger partial charge in [-0.3, -0.25) is 0 Å². The summed E-state index contributed by atoms with van der Waals surface area (Å²) in [5.41, 5.74) is 0. The van der Waals surface area contributed by atoms with E-state index in [-0.39, 0.29) is 6.42 Å². The van der Waals surface area contributed by atoms with Gasteiger partial charge in [-0.05, 0) is 39.5 Å². The lowest BCUT2D eigenvalue weighted by Crippen LogP contribution is -2.22. The molecular weight excluding hydrogens is 255 g/mol. The molecule has 0 bridgehead atoms. The van der Waals surface area contributed by atoms with Crippen LogP contribution in [0, 0.1) is 0 Å². The molecule has 0 aliphatic carbocycles. The predicted octanol–water partition coefficient (Wildman–Crippen LogP) is -0.917. The smallest absolute Gasteiger partial charge is 0.320 e. The van der Waals surface area contributed by atoms with E-state index in [9.17, 15) is 13.0 Å². The zero-order chi connectivity index (χ0) is 12.7. The van der Waals surface area contributed by atoms with Crippen LogP contribution in [0.2, 0.25) is 0 Å². The van der Waals surface area contributed by atoms with Crippen molar-refractivity contribution in [1.29, 1.82) is 0 Å². The highest BCUT2D eigenvalue weighted by molar-refractivity contribution is 8.48. The molecule has 0 heterocycles. The van der Waals surface area contributed by atoms with Gasteiger partial charge in [0.05, 0.1) is 5.75 Å². The molecule has 0 aromatic carbocycles. The Morgan fingerprint density at radius 2 is 1.69 bits per heavy atom. The molecule has 4 N–H and O–H groups in total. The Balaban J connectivity index is 3.64. The third-order valence-corrected chi connectivity index (χ3v) is 6.15.